The van der Waals surface area contributed by atoms with Gasteiger partial charge in [-0.25, -0.2) is 0 Å². The van der Waals surface area contributed by atoms with Gasteiger partial charge in [0.1, 0.15) is 0 Å². The number of likely N-dealkylation sites (tertiary alicyclic amines) is 1. The first-order chi connectivity index (χ1) is 10.6. The lowest BCUT2D eigenvalue weighted by molar-refractivity contribution is -0.122. The number of halogens is 1. The molecule has 1 heterocycles. The van der Waals surface area contributed by atoms with Crippen molar-refractivity contribution in [2.75, 3.05) is 40.3 Å². The van der Waals surface area contributed by atoms with Gasteiger partial charge in [0.25, 0.3) is 0 Å². The highest BCUT2D eigenvalue weighted by atomic mass is 35.5. The quantitative estimate of drug-likeness (QED) is 0.872. The predicted octanol–water partition coefficient (Wildman–Crippen LogP) is 2.23. The standard InChI is InChI=1S/C17H26ClN3O/c1-19-17(22)13-21-9-7-14(8-10-21)11-20(2)12-15-5-3-4-6-16(15)18/h3-6,14H,7-13H2,1-2H3,(H,19,22). The molecule has 1 aromatic carbocycles. The number of hydrogen-bond donors (Lipinski definition) is 1. The van der Waals surface area contributed by atoms with Crippen LogP contribution in [0.2, 0.25) is 5.02 Å². The highest BCUT2D eigenvalue weighted by molar-refractivity contribution is 6.31. The van der Waals surface area contributed by atoms with Gasteiger partial charge in [0.05, 0.1) is 6.54 Å². The zero-order valence-corrected chi connectivity index (χ0v) is 14.3. The predicted molar refractivity (Wildman–Crippen MR) is 91.0 cm³/mol. The molecule has 0 radical (unpaired) electrons. The van der Waals surface area contributed by atoms with E-state index in [0.717, 1.165) is 44.0 Å². The smallest absolute Gasteiger partial charge is 0.233 e. The van der Waals surface area contributed by atoms with E-state index in [1.165, 1.54) is 5.56 Å². The van der Waals surface area contributed by atoms with E-state index in [1.54, 1.807) is 7.05 Å². The molecule has 4 nitrogen and oxygen atoms in total. The Hall–Kier alpha value is -1.10. The Morgan fingerprint density at radius 1 is 1.36 bits per heavy atom. The van der Waals surface area contributed by atoms with E-state index in [2.05, 4.69) is 28.2 Å². The second kappa shape index (κ2) is 8.51. The fourth-order valence-electron chi connectivity index (χ4n) is 3.03. The number of carbonyl (C=O) groups excluding carboxylic acids is 1. The summed E-state index contributed by atoms with van der Waals surface area (Å²) in [7, 11) is 3.85. The number of nitrogens with one attached hydrogen (secondary N) is 1. The van der Waals surface area contributed by atoms with E-state index >= 15 is 0 Å². The minimum atomic E-state index is 0.106. The first-order valence-electron chi connectivity index (χ1n) is 7.93. The Labute approximate surface area is 138 Å². The Morgan fingerprint density at radius 3 is 2.68 bits per heavy atom. The Morgan fingerprint density at radius 2 is 2.05 bits per heavy atom. The molecule has 2 rings (SSSR count). The first-order valence-corrected chi connectivity index (χ1v) is 8.31. The fraction of sp³-hybridized carbons (Fsp3) is 0.588. The van der Waals surface area contributed by atoms with Crippen LogP contribution in [0.5, 0.6) is 0 Å². The molecule has 0 unspecified atom stereocenters. The maximum Gasteiger partial charge on any atom is 0.233 e. The van der Waals surface area contributed by atoms with Gasteiger partial charge in [-0.2, -0.15) is 0 Å². The van der Waals surface area contributed by atoms with Crippen molar-refractivity contribution < 1.29 is 4.79 Å². The van der Waals surface area contributed by atoms with Crippen LogP contribution in [0.4, 0.5) is 0 Å². The van der Waals surface area contributed by atoms with E-state index in [-0.39, 0.29) is 5.91 Å². The van der Waals surface area contributed by atoms with Crippen LogP contribution in [0.25, 0.3) is 0 Å². The van der Waals surface area contributed by atoms with Crippen molar-refractivity contribution in [3.63, 3.8) is 0 Å². The van der Waals surface area contributed by atoms with E-state index in [9.17, 15) is 4.79 Å². The van der Waals surface area contributed by atoms with Crippen molar-refractivity contribution in [1.82, 2.24) is 15.1 Å². The van der Waals surface area contributed by atoms with E-state index in [4.69, 9.17) is 11.6 Å². The maximum absolute atomic E-state index is 11.4. The lowest BCUT2D eigenvalue weighted by Gasteiger charge is -2.33. The summed E-state index contributed by atoms with van der Waals surface area (Å²) in [6, 6.07) is 8.03. The maximum atomic E-state index is 11.4. The summed E-state index contributed by atoms with van der Waals surface area (Å²) in [5.41, 5.74) is 1.18. The monoisotopic (exact) mass is 323 g/mol. The Kier molecular flexibility index (Phi) is 6.68. The number of rotatable bonds is 6. The molecule has 22 heavy (non-hydrogen) atoms. The molecule has 0 atom stereocenters. The minimum Gasteiger partial charge on any atom is -0.358 e. The molecule has 1 amide bonds. The van der Waals surface area contributed by atoms with Gasteiger partial charge in [0, 0.05) is 25.2 Å². The lowest BCUT2D eigenvalue weighted by atomic mass is 9.96. The van der Waals surface area contributed by atoms with Gasteiger partial charge < -0.3 is 10.2 Å². The molecule has 1 aliphatic heterocycles. The molecule has 1 saturated heterocycles. The number of amides is 1. The van der Waals surface area contributed by atoms with Gasteiger partial charge in [-0.15, -0.1) is 0 Å². The highest BCUT2D eigenvalue weighted by Gasteiger charge is 2.21. The molecule has 0 bridgehead atoms. The van der Waals surface area contributed by atoms with Crippen LogP contribution >= 0.6 is 11.6 Å². The molecular weight excluding hydrogens is 298 g/mol. The van der Waals surface area contributed by atoms with Crippen LogP contribution in [0.3, 0.4) is 0 Å². The zero-order chi connectivity index (χ0) is 15.9. The third-order valence-electron chi connectivity index (χ3n) is 4.32. The van der Waals surface area contributed by atoms with Crippen molar-refractivity contribution in [2.24, 2.45) is 5.92 Å². The summed E-state index contributed by atoms with van der Waals surface area (Å²) in [6.45, 7) is 4.52. The van der Waals surface area contributed by atoms with Gasteiger partial charge in [-0.05, 0) is 50.5 Å². The molecule has 1 fully saturated rings. The Bertz CT molecular complexity index is 487. The molecular formula is C17H26ClN3O. The fourth-order valence-corrected chi connectivity index (χ4v) is 3.23. The number of piperidine rings is 1. The number of nitrogens with zero attached hydrogens (tertiary/aromatic N) is 2. The van der Waals surface area contributed by atoms with E-state index in [1.807, 2.05) is 18.2 Å². The van der Waals surface area contributed by atoms with Crippen LogP contribution in [0.1, 0.15) is 18.4 Å². The largest absolute Gasteiger partial charge is 0.358 e. The van der Waals surface area contributed by atoms with Gasteiger partial charge in [-0.1, -0.05) is 29.8 Å². The zero-order valence-electron chi connectivity index (χ0n) is 13.5. The molecule has 122 valence electrons. The van der Waals surface area contributed by atoms with Crippen molar-refractivity contribution in [1.29, 1.82) is 0 Å². The average Bonchev–Trinajstić information content (AvgIpc) is 2.51. The van der Waals surface area contributed by atoms with Crippen LogP contribution in [-0.4, -0.2) is 56.0 Å². The minimum absolute atomic E-state index is 0.106. The summed E-state index contributed by atoms with van der Waals surface area (Å²) >= 11 is 6.22. The molecule has 0 aliphatic carbocycles. The molecule has 1 aromatic rings. The summed E-state index contributed by atoms with van der Waals surface area (Å²) in [5, 5.41) is 3.53. The molecule has 1 N–H and O–H groups in total. The van der Waals surface area contributed by atoms with E-state index in [0.29, 0.717) is 12.5 Å². The third kappa shape index (κ3) is 5.27. The molecule has 0 saturated carbocycles. The van der Waals surface area contributed by atoms with Crippen LogP contribution in [0.15, 0.2) is 24.3 Å². The second-order valence-electron chi connectivity index (χ2n) is 6.18. The SMILES string of the molecule is CNC(=O)CN1CCC(CN(C)Cc2ccccc2Cl)CC1. The highest BCUT2D eigenvalue weighted by Crippen LogP contribution is 2.20. The second-order valence-corrected chi connectivity index (χ2v) is 6.59. The first kappa shape index (κ1) is 17.3. The van der Waals surface area contributed by atoms with Crippen molar-refractivity contribution in [2.45, 2.75) is 19.4 Å². The molecule has 5 heteroatoms. The lowest BCUT2D eigenvalue weighted by Crippen LogP contribution is -2.42. The van der Waals surface area contributed by atoms with Crippen LogP contribution in [-0.2, 0) is 11.3 Å². The average molecular weight is 324 g/mol. The van der Waals surface area contributed by atoms with Crippen LogP contribution in [0, 0.1) is 5.92 Å². The topological polar surface area (TPSA) is 35.6 Å². The van der Waals surface area contributed by atoms with Gasteiger partial charge in [0.2, 0.25) is 5.91 Å². The Balaban J connectivity index is 1.74. The van der Waals surface area contributed by atoms with Crippen molar-refractivity contribution in [3.05, 3.63) is 34.9 Å². The van der Waals surface area contributed by atoms with E-state index < -0.39 is 0 Å². The molecule has 1 aliphatic rings. The summed E-state index contributed by atoms with van der Waals surface area (Å²) in [5.74, 6) is 0.808. The van der Waals surface area contributed by atoms with Gasteiger partial charge >= 0.3 is 0 Å². The number of benzene rings is 1. The molecule has 0 aromatic heterocycles. The number of hydrogen-bond acceptors (Lipinski definition) is 3. The number of likely N-dealkylation sites (N-methyl/N-ethyl adjacent to an activating group) is 1. The normalized spacial score (nSPS) is 16.9. The molecule has 0 spiro atoms. The van der Waals surface area contributed by atoms with Gasteiger partial charge in [-0.3, -0.25) is 9.69 Å². The van der Waals surface area contributed by atoms with Crippen molar-refractivity contribution >= 4 is 17.5 Å². The van der Waals surface area contributed by atoms with Gasteiger partial charge in [0.15, 0.2) is 0 Å². The summed E-state index contributed by atoms with van der Waals surface area (Å²) in [6.07, 6.45) is 2.31. The summed E-state index contributed by atoms with van der Waals surface area (Å²) in [4.78, 5) is 16.0. The number of carbonyl (C=O) groups is 1. The van der Waals surface area contributed by atoms with Crippen LogP contribution < -0.4 is 5.32 Å². The van der Waals surface area contributed by atoms with Crippen molar-refractivity contribution in [3.8, 4) is 0 Å². The summed E-state index contributed by atoms with van der Waals surface area (Å²) < 4.78 is 0. The third-order valence-corrected chi connectivity index (χ3v) is 4.69.